The van der Waals surface area contributed by atoms with Gasteiger partial charge >= 0.3 is 5.97 Å². The molecule has 0 radical (unpaired) electrons. The molecule has 5 rings (SSSR count). The first-order valence-corrected chi connectivity index (χ1v) is 10.0. The van der Waals surface area contributed by atoms with Crippen LogP contribution in [-0.2, 0) is 0 Å². The van der Waals surface area contributed by atoms with Crippen LogP contribution in [0, 0.1) is 23.6 Å². The summed E-state index contributed by atoms with van der Waals surface area (Å²) in [5, 5.41) is 11.0. The summed E-state index contributed by atoms with van der Waals surface area (Å²) in [7, 11) is 1.71. The zero-order valence-electron chi connectivity index (χ0n) is 16.5. The van der Waals surface area contributed by atoms with Gasteiger partial charge < -0.3 is 20.5 Å². The summed E-state index contributed by atoms with van der Waals surface area (Å²) in [6, 6.07) is 1.14. The Morgan fingerprint density at radius 3 is 2.93 bits per heavy atom. The van der Waals surface area contributed by atoms with E-state index in [9.17, 15) is 14.7 Å². The van der Waals surface area contributed by atoms with Gasteiger partial charge in [-0.15, -0.1) is 0 Å². The molecule has 1 aromatic heterocycles. The molecule has 9 heteroatoms. The Hall–Kier alpha value is -3.07. The molecule has 0 spiro atoms. The van der Waals surface area contributed by atoms with E-state index in [4.69, 9.17) is 10.5 Å². The number of allylic oxidation sites excluding steroid dienone is 1. The predicted molar refractivity (Wildman–Crippen MR) is 110 cm³/mol. The fourth-order valence-corrected chi connectivity index (χ4v) is 5.08. The molecule has 2 aromatic rings. The van der Waals surface area contributed by atoms with Crippen LogP contribution >= 0.6 is 0 Å². The van der Waals surface area contributed by atoms with Crippen molar-refractivity contribution in [1.82, 2.24) is 4.68 Å². The third-order valence-electron chi connectivity index (χ3n) is 6.61. The van der Waals surface area contributed by atoms with Crippen molar-refractivity contribution < 1.29 is 19.0 Å². The Balaban J connectivity index is 1.69. The van der Waals surface area contributed by atoms with E-state index in [2.05, 4.69) is 12.2 Å². The summed E-state index contributed by atoms with van der Waals surface area (Å²) in [6.45, 7) is 1.99. The topological polar surface area (TPSA) is 101 Å². The molecule has 3 heterocycles. The molecule has 1 aliphatic carbocycles. The molecule has 3 aliphatic rings. The maximum Gasteiger partial charge on any atom is 0.341 e. The Kier molecular flexibility index (Phi) is 4.25. The van der Waals surface area contributed by atoms with Gasteiger partial charge in [0.15, 0.2) is 18.3 Å². The van der Waals surface area contributed by atoms with Crippen molar-refractivity contribution in [1.29, 1.82) is 0 Å². The number of aromatic nitrogens is 1. The minimum absolute atomic E-state index is 0.00551. The Morgan fingerprint density at radius 1 is 1.40 bits per heavy atom. The van der Waals surface area contributed by atoms with E-state index >= 15 is 4.39 Å². The number of hydrogen-bond acceptors (Lipinski definition) is 6. The van der Waals surface area contributed by atoms with Crippen molar-refractivity contribution in [2.75, 3.05) is 43.3 Å². The lowest BCUT2D eigenvalue weighted by Gasteiger charge is -2.33. The average molecular weight is 414 g/mol. The van der Waals surface area contributed by atoms with Crippen LogP contribution in [0.2, 0.25) is 0 Å². The van der Waals surface area contributed by atoms with Gasteiger partial charge in [-0.25, -0.2) is 9.18 Å². The second-order valence-corrected chi connectivity index (χ2v) is 8.28. The minimum Gasteiger partial charge on any atom is -0.477 e. The molecule has 30 heavy (non-hydrogen) atoms. The van der Waals surface area contributed by atoms with E-state index in [-0.39, 0.29) is 23.8 Å². The quantitative estimate of drug-likeness (QED) is 0.731. The van der Waals surface area contributed by atoms with Gasteiger partial charge in [0, 0.05) is 26.3 Å². The van der Waals surface area contributed by atoms with Crippen LogP contribution in [0.15, 0.2) is 29.2 Å². The first kappa shape index (κ1) is 18.9. The summed E-state index contributed by atoms with van der Waals surface area (Å²) in [5.41, 5.74) is 5.54. The number of hydrogen-bond donors (Lipinski definition) is 2. The molecule has 1 aromatic carbocycles. The Bertz CT molecular complexity index is 1140. The van der Waals surface area contributed by atoms with Crippen LogP contribution in [0.1, 0.15) is 16.8 Å². The van der Waals surface area contributed by atoms with Crippen LogP contribution in [-0.4, -0.2) is 49.2 Å². The molecule has 0 amide bonds. The molecule has 1 saturated heterocycles. The van der Waals surface area contributed by atoms with E-state index in [0.29, 0.717) is 42.7 Å². The predicted octanol–water partition coefficient (Wildman–Crippen LogP) is 1.34. The van der Waals surface area contributed by atoms with Crippen molar-refractivity contribution in [2.24, 2.45) is 23.5 Å². The number of nitrogens with zero attached hydrogens (tertiary/aromatic N) is 3. The number of ether oxygens (including phenoxy) is 1. The van der Waals surface area contributed by atoms with E-state index in [1.807, 2.05) is 4.90 Å². The lowest BCUT2D eigenvalue weighted by atomic mass is 9.78. The molecule has 0 bridgehead atoms. The van der Waals surface area contributed by atoms with Gasteiger partial charge in [-0.3, -0.25) is 14.5 Å². The van der Waals surface area contributed by atoms with E-state index < -0.39 is 22.8 Å². The number of nitrogens with two attached hydrogens (primary N) is 1. The lowest BCUT2D eigenvalue weighted by Crippen LogP contribution is -2.40. The van der Waals surface area contributed by atoms with Gasteiger partial charge in [0.25, 0.3) is 0 Å². The molecule has 2 aliphatic heterocycles. The van der Waals surface area contributed by atoms with Gasteiger partial charge in [-0.2, -0.15) is 0 Å². The normalized spacial score (nSPS) is 24.8. The summed E-state index contributed by atoms with van der Waals surface area (Å²) in [4.78, 5) is 26.2. The first-order chi connectivity index (χ1) is 14.4. The number of rotatable bonds is 3. The molecule has 3 atom stereocenters. The van der Waals surface area contributed by atoms with Gasteiger partial charge in [-0.1, -0.05) is 12.2 Å². The number of aromatic carboxylic acids is 1. The van der Waals surface area contributed by atoms with E-state index in [0.717, 1.165) is 12.5 Å². The zero-order valence-corrected chi connectivity index (χ0v) is 16.5. The van der Waals surface area contributed by atoms with Crippen molar-refractivity contribution in [2.45, 2.75) is 6.42 Å². The molecule has 8 nitrogen and oxygen atoms in total. The molecule has 1 fully saturated rings. The smallest absolute Gasteiger partial charge is 0.341 e. The molecular weight excluding hydrogens is 391 g/mol. The number of benzene rings is 1. The summed E-state index contributed by atoms with van der Waals surface area (Å²) < 4.78 is 22.8. The molecule has 0 unspecified atom stereocenters. The fourth-order valence-electron chi connectivity index (χ4n) is 5.08. The number of carbonyl (C=O) groups is 1. The maximum absolute atomic E-state index is 15.4. The highest BCUT2D eigenvalue weighted by atomic mass is 19.1. The Labute approximate surface area is 171 Å². The lowest BCUT2D eigenvalue weighted by molar-refractivity contribution is 0.0694. The van der Waals surface area contributed by atoms with Crippen LogP contribution in [0.4, 0.5) is 10.1 Å². The van der Waals surface area contributed by atoms with Gasteiger partial charge in [0.2, 0.25) is 5.43 Å². The number of carboxylic acids is 1. The van der Waals surface area contributed by atoms with Gasteiger partial charge in [-0.05, 0) is 36.8 Å². The number of fused-ring (bicyclic) bond motifs is 1. The average Bonchev–Trinajstić information content (AvgIpc) is 3.15. The van der Waals surface area contributed by atoms with Crippen molar-refractivity contribution in [3.63, 3.8) is 0 Å². The van der Waals surface area contributed by atoms with Crippen molar-refractivity contribution >= 4 is 22.6 Å². The SMILES string of the molecule is CN1COc2c(N3C[C@H]4[C@@H](CN)CC=C[C@@H]4C3)c(F)cc3c(=O)c(C(=O)O)cn1c23. The summed E-state index contributed by atoms with van der Waals surface area (Å²) in [6.07, 6.45) is 6.54. The van der Waals surface area contributed by atoms with Gasteiger partial charge in [0.05, 0.1) is 5.39 Å². The van der Waals surface area contributed by atoms with Crippen LogP contribution < -0.4 is 25.8 Å². The number of anilines is 1. The largest absolute Gasteiger partial charge is 0.477 e. The molecule has 158 valence electrons. The monoisotopic (exact) mass is 414 g/mol. The first-order valence-electron chi connectivity index (χ1n) is 10.0. The van der Waals surface area contributed by atoms with Crippen molar-refractivity contribution in [3.05, 3.63) is 46.0 Å². The van der Waals surface area contributed by atoms with Crippen LogP contribution in [0.3, 0.4) is 0 Å². The highest BCUT2D eigenvalue weighted by Crippen LogP contribution is 2.45. The number of pyridine rings is 1. The maximum atomic E-state index is 15.4. The van der Waals surface area contributed by atoms with Gasteiger partial charge in [0.1, 0.15) is 16.8 Å². The van der Waals surface area contributed by atoms with Crippen LogP contribution in [0.25, 0.3) is 10.9 Å². The van der Waals surface area contributed by atoms with E-state index in [1.54, 1.807) is 16.7 Å². The third kappa shape index (κ3) is 2.61. The molecule has 3 N–H and O–H groups in total. The van der Waals surface area contributed by atoms with E-state index in [1.165, 1.54) is 6.20 Å². The number of carboxylic acid groups (broad SMARTS) is 1. The minimum atomic E-state index is -1.35. The third-order valence-corrected chi connectivity index (χ3v) is 6.61. The Morgan fingerprint density at radius 2 is 2.20 bits per heavy atom. The second-order valence-electron chi connectivity index (χ2n) is 8.28. The summed E-state index contributed by atoms with van der Waals surface area (Å²) >= 11 is 0. The second kappa shape index (κ2) is 6.73. The standard InChI is InChI=1S/C21H23FN4O4/c1-24-10-30-20-17-13(19(27)15(21(28)29)9-26(17)24)5-16(22)18(20)25-7-12-4-2-3-11(6-23)14(12)8-25/h2,4-5,9,11-12,14H,3,6-8,10,23H2,1H3,(H,28,29)/t11-,12-,14+/m1/s1. The fraction of sp³-hybridized carbons (Fsp3) is 0.429. The highest BCUT2D eigenvalue weighted by Gasteiger charge is 2.40. The number of halogens is 1. The van der Waals surface area contributed by atoms with Crippen LogP contribution in [0.5, 0.6) is 5.75 Å². The molecular formula is C21H23FN4O4. The van der Waals surface area contributed by atoms with Crippen molar-refractivity contribution in [3.8, 4) is 5.75 Å². The zero-order chi connectivity index (χ0) is 21.2. The molecule has 0 saturated carbocycles. The highest BCUT2D eigenvalue weighted by molar-refractivity contribution is 5.97. The summed E-state index contributed by atoms with van der Waals surface area (Å²) in [5.74, 6) is -0.667.